The van der Waals surface area contributed by atoms with E-state index in [9.17, 15) is 26.8 Å². The molecule has 4 N–H and O–H groups in total. The summed E-state index contributed by atoms with van der Waals surface area (Å²) in [7, 11) is -4.35. The molecule has 9 nitrogen and oxygen atoms in total. The number of para-hydroxylation sites is 1. The minimum absolute atomic E-state index is 0. The SMILES string of the molecule is CC(=O)Nc1c(-c2ccccc2)cccc1S(=O)(=O)N[C@@H](CCCc1ccc(N)cn1)C(=O)N1CCC(=C(F)F)CC1.Cl. The van der Waals surface area contributed by atoms with Crippen LogP contribution in [-0.4, -0.2) is 49.2 Å². The van der Waals surface area contributed by atoms with Crippen molar-refractivity contribution in [3.05, 3.63) is 84.2 Å². The molecule has 43 heavy (non-hydrogen) atoms. The van der Waals surface area contributed by atoms with Crippen molar-refractivity contribution >= 4 is 45.6 Å². The van der Waals surface area contributed by atoms with Gasteiger partial charge in [-0.15, -0.1) is 12.4 Å². The Hall–Kier alpha value is -3.87. The van der Waals surface area contributed by atoms with Crippen molar-refractivity contribution in [2.75, 3.05) is 24.1 Å². The molecular formula is C30H34ClF2N5O4S. The first-order valence-electron chi connectivity index (χ1n) is 13.6. The molecule has 4 rings (SSSR count). The molecule has 0 aliphatic carbocycles. The highest BCUT2D eigenvalue weighted by atomic mass is 35.5. The number of sulfonamides is 1. The zero-order valence-electron chi connectivity index (χ0n) is 23.6. The molecule has 1 atom stereocenters. The number of hydrogen-bond acceptors (Lipinski definition) is 6. The van der Waals surface area contributed by atoms with E-state index in [4.69, 9.17) is 5.73 Å². The fourth-order valence-electron chi connectivity index (χ4n) is 4.88. The standard InChI is InChI=1S/C30H33F2N5O4S.ClH/c1-20(38)35-28-25(21-7-3-2-4-8-21)10-6-12-27(28)42(40,41)36-26(11-5-9-24-14-13-23(33)19-34-24)30(39)37-17-15-22(16-18-37)29(31)32;/h2-4,6-8,10,12-14,19,26,36H,5,9,11,15-18,33H2,1H3,(H,35,38);1H/t26-;/m0./s1. The molecule has 2 amide bonds. The van der Waals surface area contributed by atoms with E-state index in [0.717, 1.165) is 5.69 Å². The minimum Gasteiger partial charge on any atom is -0.397 e. The van der Waals surface area contributed by atoms with E-state index in [0.29, 0.717) is 29.7 Å². The number of carbonyl (C=O) groups is 2. The second-order valence-corrected chi connectivity index (χ2v) is 11.7. The average molecular weight is 634 g/mol. The van der Waals surface area contributed by atoms with Crippen molar-refractivity contribution in [3.8, 4) is 11.1 Å². The van der Waals surface area contributed by atoms with E-state index < -0.39 is 34.0 Å². The molecule has 0 bridgehead atoms. The summed E-state index contributed by atoms with van der Waals surface area (Å²) in [4.78, 5) is 31.2. The highest BCUT2D eigenvalue weighted by molar-refractivity contribution is 7.89. The van der Waals surface area contributed by atoms with Gasteiger partial charge in [0, 0.05) is 31.3 Å². The lowest BCUT2D eigenvalue weighted by Crippen LogP contribution is -2.50. The van der Waals surface area contributed by atoms with Crippen LogP contribution in [0.5, 0.6) is 0 Å². The number of benzene rings is 2. The van der Waals surface area contributed by atoms with Crippen LogP contribution in [0.25, 0.3) is 11.1 Å². The number of halogens is 3. The fourth-order valence-corrected chi connectivity index (χ4v) is 6.29. The molecule has 230 valence electrons. The van der Waals surface area contributed by atoms with Crippen molar-refractivity contribution in [1.29, 1.82) is 0 Å². The van der Waals surface area contributed by atoms with Gasteiger partial charge in [-0.1, -0.05) is 42.5 Å². The highest BCUT2D eigenvalue weighted by Crippen LogP contribution is 2.34. The summed E-state index contributed by atoms with van der Waals surface area (Å²) in [6.45, 7) is 1.40. The number of aryl methyl sites for hydroxylation is 1. The number of hydrogen-bond donors (Lipinski definition) is 3. The van der Waals surface area contributed by atoms with Crippen LogP contribution in [0.4, 0.5) is 20.2 Å². The second-order valence-electron chi connectivity index (χ2n) is 10.1. The van der Waals surface area contributed by atoms with Crippen molar-refractivity contribution < 1.29 is 26.8 Å². The van der Waals surface area contributed by atoms with Gasteiger partial charge in [0.1, 0.15) is 10.9 Å². The largest absolute Gasteiger partial charge is 0.397 e. The van der Waals surface area contributed by atoms with Gasteiger partial charge in [0.05, 0.1) is 17.6 Å². The van der Waals surface area contributed by atoms with Crippen molar-refractivity contribution in [3.63, 3.8) is 0 Å². The summed E-state index contributed by atoms with van der Waals surface area (Å²) >= 11 is 0. The van der Waals surface area contributed by atoms with Crippen LogP contribution in [0, 0.1) is 0 Å². The second kappa shape index (κ2) is 15.0. The third kappa shape index (κ3) is 8.82. The van der Waals surface area contributed by atoms with E-state index >= 15 is 0 Å². The molecule has 3 aromatic rings. The number of rotatable bonds is 10. The maximum atomic E-state index is 13.9. The molecule has 0 radical (unpaired) electrons. The number of amides is 2. The fraction of sp³-hybridized carbons (Fsp3) is 0.300. The number of pyridine rings is 1. The van der Waals surface area contributed by atoms with Crippen LogP contribution in [0.1, 0.15) is 38.3 Å². The van der Waals surface area contributed by atoms with Gasteiger partial charge in [-0.25, -0.2) is 8.42 Å². The molecule has 1 saturated heterocycles. The Kier molecular flexibility index (Phi) is 11.8. The molecule has 1 aromatic heterocycles. The van der Waals surface area contributed by atoms with E-state index in [-0.39, 0.29) is 60.9 Å². The predicted octanol–water partition coefficient (Wildman–Crippen LogP) is 5.15. The number of nitrogens with zero attached hydrogens (tertiary/aromatic N) is 2. The molecular weight excluding hydrogens is 600 g/mol. The van der Waals surface area contributed by atoms with Crippen LogP contribution in [0.3, 0.4) is 0 Å². The molecule has 1 aliphatic rings. The summed E-state index contributed by atoms with van der Waals surface area (Å²) in [6, 6.07) is 15.9. The van der Waals surface area contributed by atoms with Gasteiger partial charge in [-0.2, -0.15) is 13.5 Å². The Morgan fingerprint density at radius 1 is 1.02 bits per heavy atom. The third-order valence-corrected chi connectivity index (χ3v) is 8.53. The quantitative estimate of drug-likeness (QED) is 0.283. The van der Waals surface area contributed by atoms with Crippen LogP contribution in [-0.2, 0) is 26.0 Å². The van der Waals surface area contributed by atoms with Gasteiger partial charge in [-0.05, 0) is 61.4 Å². The lowest BCUT2D eigenvalue weighted by atomic mass is 10.0. The first kappa shape index (κ1) is 33.6. The number of anilines is 2. The number of nitrogens with one attached hydrogen (secondary N) is 2. The Bertz CT molecular complexity index is 1560. The molecule has 1 fully saturated rings. The van der Waals surface area contributed by atoms with Gasteiger partial charge < -0.3 is 16.0 Å². The lowest BCUT2D eigenvalue weighted by molar-refractivity contribution is -0.133. The third-order valence-electron chi connectivity index (χ3n) is 7.02. The van der Waals surface area contributed by atoms with Crippen LogP contribution >= 0.6 is 12.4 Å². The minimum atomic E-state index is -4.35. The van der Waals surface area contributed by atoms with Crippen LogP contribution < -0.4 is 15.8 Å². The Morgan fingerprint density at radius 3 is 2.33 bits per heavy atom. The van der Waals surface area contributed by atoms with Crippen molar-refractivity contribution in [2.24, 2.45) is 0 Å². The maximum Gasteiger partial charge on any atom is 0.269 e. The number of likely N-dealkylation sites (tertiary alicyclic amines) is 1. The Balaban J connectivity index is 0.00000506. The van der Waals surface area contributed by atoms with Gasteiger partial charge in [-0.3, -0.25) is 14.6 Å². The summed E-state index contributed by atoms with van der Waals surface area (Å²) in [5.41, 5.74) is 8.22. The zero-order chi connectivity index (χ0) is 30.3. The van der Waals surface area contributed by atoms with Crippen LogP contribution in [0.2, 0.25) is 0 Å². The van der Waals surface area contributed by atoms with E-state index in [1.807, 2.05) is 6.07 Å². The zero-order valence-corrected chi connectivity index (χ0v) is 25.2. The number of nitrogens with two attached hydrogens (primary N) is 1. The van der Waals surface area contributed by atoms with Gasteiger partial charge in [0.15, 0.2) is 0 Å². The Morgan fingerprint density at radius 2 is 1.72 bits per heavy atom. The number of carbonyl (C=O) groups excluding carboxylic acids is 2. The summed E-state index contributed by atoms with van der Waals surface area (Å²) in [6.07, 6.45) is 0.840. The summed E-state index contributed by atoms with van der Waals surface area (Å²) in [5, 5.41) is 2.65. The maximum absolute atomic E-state index is 13.9. The molecule has 13 heteroatoms. The monoisotopic (exact) mass is 633 g/mol. The summed E-state index contributed by atoms with van der Waals surface area (Å²) < 4.78 is 56.5. The molecule has 2 heterocycles. The molecule has 0 spiro atoms. The molecule has 0 saturated carbocycles. The highest BCUT2D eigenvalue weighted by Gasteiger charge is 2.32. The lowest BCUT2D eigenvalue weighted by Gasteiger charge is -2.31. The molecule has 0 unspecified atom stereocenters. The van der Waals surface area contributed by atoms with E-state index in [1.54, 1.807) is 48.5 Å². The van der Waals surface area contributed by atoms with Crippen molar-refractivity contribution in [2.45, 2.75) is 50.0 Å². The first-order chi connectivity index (χ1) is 20.0. The predicted molar refractivity (Wildman–Crippen MR) is 164 cm³/mol. The Labute approximate surface area is 256 Å². The summed E-state index contributed by atoms with van der Waals surface area (Å²) in [5.74, 6) is -0.960. The average Bonchev–Trinajstić information content (AvgIpc) is 2.97. The van der Waals surface area contributed by atoms with E-state index in [2.05, 4.69) is 15.0 Å². The van der Waals surface area contributed by atoms with Crippen molar-refractivity contribution in [1.82, 2.24) is 14.6 Å². The van der Waals surface area contributed by atoms with Crippen LogP contribution in [0.15, 0.2) is 83.4 Å². The molecule has 1 aliphatic heterocycles. The number of nitrogen functional groups attached to an aromatic ring is 1. The topological polar surface area (TPSA) is 134 Å². The van der Waals surface area contributed by atoms with Gasteiger partial charge in [0.2, 0.25) is 21.8 Å². The first-order valence-corrected chi connectivity index (χ1v) is 15.0. The normalized spacial score (nSPS) is 14.0. The number of aromatic nitrogens is 1. The molecule has 2 aromatic carbocycles. The van der Waals surface area contributed by atoms with Gasteiger partial charge >= 0.3 is 0 Å². The van der Waals surface area contributed by atoms with Gasteiger partial charge in [0.25, 0.3) is 6.08 Å². The smallest absolute Gasteiger partial charge is 0.269 e. The van der Waals surface area contributed by atoms with E-state index in [1.165, 1.54) is 24.1 Å². The number of piperidine rings is 1.